The second-order valence-electron chi connectivity index (χ2n) is 13.2. The summed E-state index contributed by atoms with van der Waals surface area (Å²) in [6.45, 7) is 2.66. The molecule has 2 N–H and O–H groups in total. The number of carbonyl (C=O) groups excluding carboxylic acids is 2. The van der Waals surface area contributed by atoms with Gasteiger partial charge in [0.15, 0.2) is 11.4 Å². The largest absolute Gasteiger partial charge is 0.378 e. The number of nitrogens with zero attached hydrogens (tertiary/aromatic N) is 6. The molecule has 0 radical (unpaired) electrons. The number of carbonyl (C=O) groups is 2. The molecule has 49 heavy (non-hydrogen) atoms. The van der Waals surface area contributed by atoms with E-state index in [0.29, 0.717) is 31.1 Å². The molecule has 3 aromatic carbocycles. The molecule has 11 nitrogen and oxygen atoms in total. The van der Waals surface area contributed by atoms with Crippen LogP contribution in [-0.4, -0.2) is 101 Å². The van der Waals surface area contributed by atoms with Gasteiger partial charge in [0.25, 0.3) is 5.91 Å². The van der Waals surface area contributed by atoms with Crippen LogP contribution in [0.3, 0.4) is 0 Å². The van der Waals surface area contributed by atoms with Crippen LogP contribution in [0.5, 0.6) is 0 Å². The van der Waals surface area contributed by atoms with Gasteiger partial charge >= 0.3 is 0 Å². The van der Waals surface area contributed by atoms with Crippen LogP contribution in [0.25, 0.3) is 33.5 Å². The summed E-state index contributed by atoms with van der Waals surface area (Å²) in [6, 6.07) is 24.2. The van der Waals surface area contributed by atoms with Crippen LogP contribution in [-0.2, 0) is 14.3 Å². The van der Waals surface area contributed by atoms with Crippen LogP contribution in [0.2, 0.25) is 0 Å². The molecule has 2 aliphatic rings. The number of aromatic nitrogens is 4. The van der Waals surface area contributed by atoms with E-state index >= 15 is 0 Å². The van der Waals surface area contributed by atoms with Crippen molar-refractivity contribution >= 4 is 34.1 Å². The Kier molecular flexibility index (Phi) is 9.11. The normalized spacial score (nSPS) is 18.6. The Morgan fingerprint density at radius 3 is 2.37 bits per heavy atom. The number of nitrogens with one attached hydrogen (secondary N) is 2. The molecule has 2 saturated heterocycles. The fraction of sp³-hybridized carbons (Fsp3) is 0.342. The summed E-state index contributed by atoms with van der Waals surface area (Å²) >= 11 is 0. The minimum atomic E-state index is -1.04. The minimum absolute atomic E-state index is 0.0962. The van der Waals surface area contributed by atoms with E-state index in [1.54, 1.807) is 19.5 Å². The van der Waals surface area contributed by atoms with E-state index in [4.69, 9.17) is 4.74 Å². The minimum Gasteiger partial charge on any atom is -0.378 e. The summed E-state index contributed by atoms with van der Waals surface area (Å²) in [5.74, 6) is 1.01. The number of methoxy groups -OCH3 is 1. The molecule has 0 unspecified atom stereocenters. The topological polar surface area (TPSA) is 120 Å². The highest BCUT2D eigenvalue weighted by Gasteiger charge is 2.45. The molecule has 0 spiro atoms. The standard InChI is InChI=1S/C38H42N8O3/c1-44(2)31-12-9-28(10-13-31)35-32-23-30(11-14-33(32)42-43-35)41-37(48)38(49-3)17-22-45(25-38)24-34(47)46-20-15-27(16-21-46)26-5-7-29(8-6-26)36-39-18-4-19-40-36/h4-14,18-19,23,27H,15-17,20-22,24-25H2,1-3H3,(H,41,48)(H,42,43)/t38-/m0/s1. The van der Waals surface area contributed by atoms with Crippen molar-refractivity contribution in [3.63, 3.8) is 0 Å². The van der Waals surface area contributed by atoms with E-state index in [-0.39, 0.29) is 18.4 Å². The first-order valence-electron chi connectivity index (χ1n) is 16.8. The van der Waals surface area contributed by atoms with Gasteiger partial charge in [0, 0.05) is 87.7 Å². The number of hydrogen-bond acceptors (Lipinski definition) is 8. The lowest BCUT2D eigenvalue weighted by Crippen LogP contribution is -2.48. The molecule has 252 valence electrons. The number of rotatable bonds is 9. The molecule has 4 heterocycles. The monoisotopic (exact) mass is 658 g/mol. The predicted octanol–water partition coefficient (Wildman–Crippen LogP) is 5.19. The number of fused-ring (bicyclic) bond motifs is 1. The third kappa shape index (κ3) is 6.77. The summed E-state index contributed by atoms with van der Waals surface area (Å²) in [7, 11) is 5.59. The second-order valence-corrected chi connectivity index (χ2v) is 13.2. The van der Waals surface area contributed by atoms with Crippen LogP contribution in [0.4, 0.5) is 11.4 Å². The third-order valence-electron chi connectivity index (χ3n) is 10.0. The van der Waals surface area contributed by atoms with Crippen molar-refractivity contribution in [3.05, 3.63) is 90.8 Å². The lowest BCUT2D eigenvalue weighted by Gasteiger charge is -2.33. The van der Waals surface area contributed by atoms with Crippen molar-refractivity contribution in [1.82, 2.24) is 30.0 Å². The van der Waals surface area contributed by atoms with Crippen molar-refractivity contribution in [3.8, 4) is 22.6 Å². The zero-order valence-electron chi connectivity index (χ0n) is 28.2. The highest BCUT2D eigenvalue weighted by Crippen LogP contribution is 2.33. The summed E-state index contributed by atoms with van der Waals surface area (Å²) in [5, 5.41) is 11.7. The fourth-order valence-corrected chi connectivity index (χ4v) is 7.02. The van der Waals surface area contributed by atoms with Gasteiger partial charge in [-0.1, -0.05) is 36.4 Å². The number of likely N-dealkylation sites (tertiary alicyclic amines) is 2. The lowest BCUT2D eigenvalue weighted by atomic mass is 9.89. The Morgan fingerprint density at radius 2 is 1.67 bits per heavy atom. The van der Waals surface area contributed by atoms with E-state index in [2.05, 4.69) is 66.8 Å². The van der Waals surface area contributed by atoms with Gasteiger partial charge in [0.05, 0.1) is 17.8 Å². The maximum absolute atomic E-state index is 13.7. The van der Waals surface area contributed by atoms with Crippen molar-refractivity contribution in [2.24, 2.45) is 0 Å². The first-order valence-corrected chi connectivity index (χ1v) is 16.8. The molecular weight excluding hydrogens is 616 g/mol. The Bertz CT molecular complexity index is 1920. The average Bonchev–Trinajstić information content (AvgIpc) is 3.77. The Hall–Kier alpha value is -5.13. The number of aromatic amines is 1. The molecule has 2 aliphatic heterocycles. The molecule has 2 aromatic heterocycles. The molecule has 11 heteroatoms. The van der Waals surface area contributed by atoms with Gasteiger partial charge < -0.3 is 19.9 Å². The molecular formula is C38H42N8O3. The van der Waals surface area contributed by atoms with Gasteiger partial charge in [0.2, 0.25) is 5.91 Å². The van der Waals surface area contributed by atoms with Gasteiger partial charge in [-0.3, -0.25) is 19.6 Å². The highest BCUT2D eigenvalue weighted by atomic mass is 16.5. The zero-order valence-corrected chi connectivity index (χ0v) is 28.2. The maximum atomic E-state index is 13.7. The fourth-order valence-electron chi connectivity index (χ4n) is 7.02. The van der Waals surface area contributed by atoms with Crippen molar-refractivity contribution in [1.29, 1.82) is 0 Å². The van der Waals surface area contributed by atoms with Crippen molar-refractivity contribution in [2.45, 2.75) is 30.8 Å². The molecule has 2 amide bonds. The van der Waals surface area contributed by atoms with Gasteiger partial charge in [-0.25, -0.2) is 9.97 Å². The number of H-pyrrole nitrogens is 1. The SMILES string of the molecule is CO[C@@]1(C(=O)Nc2ccc3[nH]nc(-c4ccc(N(C)C)cc4)c3c2)CCN(CC(=O)N2CCC(c3ccc(-c4ncccn4)cc3)CC2)C1. The van der Waals surface area contributed by atoms with E-state index in [9.17, 15) is 9.59 Å². The first-order chi connectivity index (χ1) is 23.8. The predicted molar refractivity (Wildman–Crippen MR) is 191 cm³/mol. The Labute approximate surface area is 286 Å². The van der Waals surface area contributed by atoms with Crippen molar-refractivity contribution < 1.29 is 14.3 Å². The molecule has 5 aromatic rings. The molecule has 7 rings (SSSR count). The number of ether oxygens (including phenoxy) is 1. The molecule has 0 saturated carbocycles. The van der Waals surface area contributed by atoms with Gasteiger partial charge in [-0.2, -0.15) is 5.10 Å². The maximum Gasteiger partial charge on any atom is 0.258 e. The Morgan fingerprint density at radius 1 is 0.959 bits per heavy atom. The van der Waals surface area contributed by atoms with Crippen LogP contribution < -0.4 is 10.2 Å². The van der Waals surface area contributed by atoms with Gasteiger partial charge in [0.1, 0.15) is 0 Å². The second kappa shape index (κ2) is 13.8. The number of benzene rings is 3. The van der Waals surface area contributed by atoms with E-state index < -0.39 is 5.60 Å². The van der Waals surface area contributed by atoms with Crippen LogP contribution in [0.1, 0.15) is 30.7 Å². The number of piperidine rings is 1. The highest BCUT2D eigenvalue weighted by molar-refractivity contribution is 6.01. The lowest BCUT2D eigenvalue weighted by molar-refractivity contribution is -0.138. The molecule has 1 atom stereocenters. The number of anilines is 2. The summed E-state index contributed by atoms with van der Waals surface area (Å²) in [6.07, 6.45) is 5.84. The first kappa shape index (κ1) is 32.4. The molecule has 0 bridgehead atoms. The van der Waals surface area contributed by atoms with Crippen LogP contribution >= 0.6 is 0 Å². The van der Waals surface area contributed by atoms with Crippen LogP contribution in [0, 0.1) is 0 Å². The van der Waals surface area contributed by atoms with E-state index in [0.717, 1.165) is 65.2 Å². The summed E-state index contributed by atoms with van der Waals surface area (Å²) in [5.41, 5.74) is 5.71. The van der Waals surface area contributed by atoms with E-state index in [1.165, 1.54) is 5.56 Å². The quantitative estimate of drug-likeness (QED) is 0.222. The zero-order chi connectivity index (χ0) is 34.0. The number of amides is 2. The van der Waals surface area contributed by atoms with Crippen LogP contribution in [0.15, 0.2) is 85.2 Å². The van der Waals surface area contributed by atoms with Gasteiger partial charge in [-0.15, -0.1) is 0 Å². The van der Waals surface area contributed by atoms with Gasteiger partial charge in [-0.05, 0) is 67.1 Å². The van der Waals surface area contributed by atoms with E-state index in [1.807, 2.05) is 60.3 Å². The summed E-state index contributed by atoms with van der Waals surface area (Å²) < 4.78 is 5.88. The average molecular weight is 659 g/mol. The Balaban J connectivity index is 0.940. The smallest absolute Gasteiger partial charge is 0.258 e. The molecule has 2 fully saturated rings. The third-order valence-corrected chi connectivity index (χ3v) is 10.0. The molecule has 0 aliphatic carbocycles. The summed E-state index contributed by atoms with van der Waals surface area (Å²) in [4.78, 5) is 41.8. The number of hydrogen-bond donors (Lipinski definition) is 2. The van der Waals surface area contributed by atoms with Crippen molar-refractivity contribution in [2.75, 3.05) is 64.1 Å².